The van der Waals surface area contributed by atoms with Gasteiger partial charge in [-0.1, -0.05) is 56.9 Å². The Morgan fingerprint density at radius 2 is 1.44 bits per heavy atom. The molecule has 144 valence electrons. The number of carbonyl (C=O) groups is 1. The number of aliphatic hydroxyl groups excluding tert-OH is 1. The van der Waals surface area contributed by atoms with Crippen molar-refractivity contribution in [3.8, 4) is 0 Å². The van der Waals surface area contributed by atoms with Crippen molar-refractivity contribution in [1.82, 2.24) is 0 Å². The van der Waals surface area contributed by atoms with Gasteiger partial charge in [-0.05, 0) is 38.5 Å². The number of aldehydes is 1. The van der Waals surface area contributed by atoms with E-state index in [0.717, 1.165) is 51.2 Å². The Morgan fingerprint density at radius 1 is 0.880 bits per heavy atom. The summed E-state index contributed by atoms with van der Waals surface area (Å²) >= 11 is 0. The van der Waals surface area contributed by atoms with E-state index in [1.165, 1.54) is 12.8 Å². The van der Waals surface area contributed by atoms with E-state index < -0.39 is 12.1 Å². The van der Waals surface area contributed by atoms with Crippen molar-refractivity contribution >= 4 is 6.29 Å². The Morgan fingerprint density at radius 3 is 2.00 bits per heavy atom. The minimum absolute atomic E-state index is 0.267. The Balaban J connectivity index is 3.97. The quantitative estimate of drug-likeness (QED) is 0.131. The van der Waals surface area contributed by atoms with Gasteiger partial charge in [-0.25, -0.2) is 0 Å². The second-order valence-corrected chi connectivity index (χ2v) is 6.49. The van der Waals surface area contributed by atoms with Crippen LogP contribution in [0.25, 0.3) is 0 Å². The fourth-order valence-electron chi connectivity index (χ4n) is 2.60. The van der Waals surface area contributed by atoms with Gasteiger partial charge < -0.3 is 9.90 Å². The van der Waals surface area contributed by atoms with E-state index in [4.69, 9.17) is 0 Å². The number of carbonyl (C=O) groups excluding carboxylic acids is 1. The molecule has 2 atom stereocenters. The second-order valence-electron chi connectivity index (χ2n) is 6.49. The summed E-state index contributed by atoms with van der Waals surface area (Å²) in [6, 6.07) is -0.941. The standard InChI is InChI=1S/C20H35NO4/c1-2-3-4-5-11-14-17-20(23)19(21(24)25)16-13-10-8-6-7-9-12-15-18-22/h10-11,13-14,18-20,23H,2-9,12,15-17H2,1H3/b13-10-,14-11-. The fraction of sp³-hybridized carbons (Fsp3) is 0.750. The molecule has 25 heavy (non-hydrogen) atoms. The number of hydrogen-bond donors (Lipinski definition) is 1. The predicted octanol–water partition coefficient (Wildman–Crippen LogP) is 5.01. The summed E-state index contributed by atoms with van der Waals surface area (Å²) in [7, 11) is 0. The normalized spacial score (nSPS) is 14.2. The molecule has 0 aliphatic rings. The summed E-state index contributed by atoms with van der Waals surface area (Å²) in [6.07, 6.45) is 18.3. The molecule has 0 bridgehead atoms. The first-order valence-corrected chi connectivity index (χ1v) is 9.68. The van der Waals surface area contributed by atoms with Crippen LogP contribution in [0.15, 0.2) is 24.3 Å². The van der Waals surface area contributed by atoms with Gasteiger partial charge >= 0.3 is 0 Å². The lowest BCUT2D eigenvalue weighted by Crippen LogP contribution is -2.32. The lowest BCUT2D eigenvalue weighted by atomic mass is 10.0. The molecule has 5 heteroatoms. The number of unbranched alkanes of at least 4 members (excludes halogenated alkanes) is 8. The SMILES string of the molecule is CCCCC/C=C\CC(O)C(C/C=C\CCCCCCC=O)[N+](=O)[O-]. The number of hydrogen-bond acceptors (Lipinski definition) is 4. The van der Waals surface area contributed by atoms with Crippen LogP contribution in [-0.4, -0.2) is 28.5 Å². The molecule has 0 aromatic carbocycles. The van der Waals surface area contributed by atoms with E-state index >= 15 is 0 Å². The highest BCUT2D eigenvalue weighted by Gasteiger charge is 2.27. The molecule has 0 saturated heterocycles. The number of aliphatic hydroxyl groups is 1. The molecule has 0 spiro atoms. The van der Waals surface area contributed by atoms with Crippen LogP contribution in [0.2, 0.25) is 0 Å². The maximum atomic E-state index is 11.1. The molecule has 0 fully saturated rings. The third kappa shape index (κ3) is 14.6. The number of allylic oxidation sites excluding steroid dienone is 2. The van der Waals surface area contributed by atoms with Gasteiger partial charge in [0, 0.05) is 17.8 Å². The number of nitro groups is 1. The van der Waals surface area contributed by atoms with Crippen molar-refractivity contribution in [3.05, 3.63) is 34.4 Å². The monoisotopic (exact) mass is 353 g/mol. The van der Waals surface area contributed by atoms with Gasteiger partial charge in [-0.15, -0.1) is 0 Å². The Kier molecular flexibility index (Phi) is 16.3. The number of rotatable bonds is 17. The van der Waals surface area contributed by atoms with E-state index in [9.17, 15) is 20.0 Å². The van der Waals surface area contributed by atoms with Crippen LogP contribution in [-0.2, 0) is 4.79 Å². The first kappa shape index (κ1) is 23.5. The van der Waals surface area contributed by atoms with Crippen molar-refractivity contribution in [2.24, 2.45) is 0 Å². The summed E-state index contributed by atoms with van der Waals surface area (Å²) in [5.41, 5.74) is 0. The Bertz CT molecular complexity index is 393. The van der Waals surface area contributed by atoms with Gasteiger partial charge in [-0.2, -0.15) is 0 Å². The maximum Gasteiger partial charge on any atom is 0.242 e. The highest BCUT2D eigenvalue weighted by Crippen LogP contribution is 2.11. The van der Waals surface area contributed by atoms with Gasteiger partial charge in [0.2, 0.25) is 6.04 Å². The highest BCUT2D eigenvalue weighted by molar-refractivity contribution is 5.48. The lowest BCUT2D eigenvalue weighted by Gasteiger charge is -2.12. The van der Waals surface area contributed by atoms with Gasteiger partial charge in [0.15, 0.2) is 0 Å². The molecule has 2 unspecified atom stereocenters. The third-order valence-corrected chi connectivity index (χ3v) is 4.22. The maximum absolute atomic E-state index is 11.1. The van der Waals surface area contributed by atoms with E-state index in [2.05, 4.69) is 6.92 Å². The van der Waals surface area contributed by atoms with Crippen LogP contribution >= 0.6 is 0 Å². The van der Waals surface area contributed by atoms with Crippen molar-refractivity contribution in [2.75, 3.05) is 0 Å². The van der Waals surface area contributed by atoms with Crippen LogP contribution in [0.1, 0.15) is 84.0 Å². The Hall–Kier alpha value is -1.49. The first-order valence-electron chi connectivity index (χ1n) is 9.68. The summed E-state index contributed by atoms with van der Waals surface area (Å²) < 4.78 is 0. The molecular formula is C20H35NO4. The smallest absolute Gasteiger partial charge is 0.242 e. The zero-order chi connectivity index (χ0) is 18.8. The highest BCUT2D eigenvalue weighted by atomic mass is 16.6. The van der Waals surface area contributed by atoms with Crippen LogP contribution in [0.5, 0.6) is 0 Å². The molecular weight excluding hydrogens is 318 g/mol. The topological polar surface area (TPSA) is 80.4 Å². The second kappa shape index (κ2) is 17.3. The predicted molar refractivity (Wildman–Crippen MR) is 102 cm³/mol. The summed E-state index contributed by atoms with van der Waals surface area (Å²) in [6.45, 7) is 2.15. The molecule has 0 rings (SSSR count). The summed E-state index contributed by atoms with van der Waals surface area (Å²) in [5, 5.41) is 21.2. The molecule has 0 aromatic rings. The zero-order valence-electron chi connectivity index (χ0n) is 15.6. The largest absolute Gasteiger partial charge is 0.386 e. The molecule has 0 aliphatic heterocycles. The van der Waals surface area contributed by atoms with E-state index in [-0.39, 0.29) is 11.3 Å². The van der Waals surface area contributed by atoms with Gasteiger partial charge in [0.25, 0.3) is 0 Å². The number of nitrogens with zero attached hydrogens (tertiary/aromatic N) is 1. The molecule has 0 heterocycles. The summed E-state index contributed by atoms with van der Waals surface area (Å²) in [4.78, 5) is 21.0. The van der Waals surface area contributed by atoms with Crippen LogP contribution in [0.4, 0.5) is 0 Å². The van der Waals surface area contributed by atoms with Gasteiger partial charge in [0.1, 0.15) is 12.4 Å². The van der Waals surface area contributed by atoms with E-state index in [0.29, 0.717) is 12.8 Å². The van der Waals surface area contributed by atoms with Crippen LogP contribution in [0, 0.1) is 10.1 Å². The van der Waals surface area contributed by atoms with E-state index in [1.54, 1.807) is 0 Å². The van der Waals surface area contributed by atoms with Crippen molar-refractivity contribution in [2.45, 2.75) is 96.1 Å². The average Bonchev–Trinajstić information content (AvgIpc) is 2.59. The van der Waals surface area contributed by atoms with Crippen LogP contribution in [0.3, 0.4) is 0 Å². The van der Waals surface area contributed by atoms with Crippen molar-refractivity contribution < 1.29 is 14.8 Å². The zero-order valence-corrected chi connectivity index (χ0v) is 15.6. The van der Waals surface area contributed by atoms with Crippen molar-refractivity contribution in [3.63, 3.8) is 0 Å². The van der Waals surface area contributed by atoms with Crippen molar-refractivity contribution in [1.29, 1.82) is 0 Å². The molecule has 0 saturated carbocycles. The minimum atomic E-state index is -0.941. The van der Waals surface area contributed by atoms with Gasteiger partial charge in [0.05, 0.1) is 0 Å². The summed E-state index contributed by atoms with van der Waals surface area (Å²) in [5.74, 6) is 0. The molecule has 1 N–H and O–H groups in total. The lowest BCUT2D eigenvalue weighted by molar-refractivity contribution is -0.533. The molecule has 0 aliphatic carbocycles. The van der Waals surface area contributed by atoms with Gasteiger partial charge in [-0.3, -0.25) is 10.1 Å². The van der Waals surface area contributed by atoms with Crippen LogP contribution < -0.4 is 0 Å². The third-order valence-electron chi connectivity index (χ3n) is 4.22. The Labute approximate surface area is 152 Å². The molecule has 0 aromatic heterocycles. The fourth-order valence-corrected chi connectivity index (χ4v) is 2.60. The minimum Gasteiger partial charge on any atom is -0.386 e. The van der Waals surface area contributed by atoms with E-state index in [1.807, 2.05) is 24.3 Å². The first-order chi connectivity index (χ1) is 12.1. The molecule has 5 nitrogen and oxygen atoms in total. The molecule has 0 radical (unpaired) electrons. The average molecular weight is 354 g/mol. The molecule has 0 amide bonds.